The van der Waals surface area contributed by atoms with E-state index in [-0.39, 0.29) is 25.3 Å². The van der Waals surface area contributed by atoms with E-state index in [0.29, 0.717) is 55.5 Å². The number of carboxylic acids is 1. The van der Waals surface area contributed by atoms with Gasteiger partial charge < -0.3 is 24.8 Å². The second kappa shape index (κ2) is 16.4. The molecule has 1 amide bonds. The first-order valence-electron chi connectivity index (χ1n) is 15.0. The molecule has 2 N–H and O–H groups in total. The van der Waals surface area contributed by atoms with E-state index < -0.39 is 16.0 Å². The van der Waals surface area contributed by atoms with E-state index in [1.807, 2.05) is 79.7 Å². The third kappa shape index (κ3) is 11.2. The van der Waals surface area contributed by atoms with Crippen LogP contribution in [-0.4, -0.2) is 55.4 Å². The lowest BCUT2D eigenvalue weighted by Crippen LogP contribution is -2.26. The van der Waals surface area contributed by atoms with Gasteiger partial charge in [-0.2, -0.15) is 4.40 Å². The topological polar surface area (TPSA) is 135 Å². The lowest BCUT2D eigenvalue weighted by molar-refractivity contribution is -0.136. The van der Waals surface area contributed by atoms with Crippen molar-refractivity contribution in [3.63, 3.8) is 0 Å². The number of allylic oxidation sites excluding steroid dienone is 3. The molecule has 3 aromatic carbocycles. The Balaban J connectivity index is 1.38. The number of sulfonamides is 1. The van der Waals surface area contributed by atoms with Crippen LogP contribution in [0.25, 0.3) is 0 Å². The quantitative estimate of drug-likeness (QED) is 0.185. The van der Waals surface area contributed by atoms with E-state index >= 15 is 0 Å². The zero-order valence-corrected chi connectivity index (χ0v) is 26.8. The minimum atomic E-state index is -3.52. The summed E-state index contributed by atoms with van der Waals surface area (Å²) in [5, 5.41) is 11.2. The number of carbonyl (C=O) groups is 2. The van der Waals surface area contributed by atoms with E-state index in [0.717, 1.165) is 28.7 Å². The molecule has 0 aliphatic heterocycles. The molecule has 0 atom stereocenters. The fraction of sp³-hybridized carbons (Fsp3) is 0.286. The largest absolute Gasteiger partial charge is 0.493 e. The molecule has 1 aliphatic carbocycles. The molecule has 242 valence electrons. The fourth-order valence-corrected chi connectivity index (χ4v) is 5.47. The first-order chi connectivity index (χ1) is 22.1. The molecule has 0 heterocycles. The second-order valence-corrected chi connectivity index (χ2v) is 12.5. The van der Waals surface area contributed by atoms with Crippen LogP contribution in [0.5, 0.6) is 17.2 Å². The van der Waals surface area contributed by atoms with Gasteiger partial charge in [-0.3, -0.25) is 9.59 Å². The molecular weight excluding hydrogens is 606 g/mol. The maximum atomic E-state index is 11.9. The Morgan fingerprint density at radius 2 is 1.61 bits per heavy atom. The van der Waals surface area contributed by atoms with Crippen LogP contribution in [0.3, 0.4) is 0 Å². The molecule has 3 aromatic rings. The van der Waals surface area contributed by atoms with E-state index in [9.17, 15) is 18.0 Å². The van der Waals surface area contributed by atoms with Gasteiger partial charge in [0.1, 0.15) is 17.2 Å². The van der Waals surface area contributed by atoms with E-state index in [1.165, 1.54) is 0 Å². The number of carbonyl (C=O) groups excluding carboxylic acids is 1. The summed E-state index contributed by atoms with van der Waals surface area (Å²) in [5.41, 5.74) is 4.49. The van der Waals surface area contributed by atoms with Crippen LogP contribution in [0.15, 0.2) is 107 Å². The summed E-state index contributed by atoms with van der Waals surface area (Å²) in [6, 6.07) is 25.2. The van der Waals surface area contributed by atoms with Crippen molar-refractivity contribution in [3.8, 4) is 17.2 Å². The molecule has 0 spiro atoms. The van der Waals surface area contributed by atoms with E-state index in [2.05, 4.69) is 26.7 Å². The Hall–Kier alpha value is -4.90. The van der Waals surface area contributed by atoms with Crippen molar-refractivity contribution in [2.45, 2.75) is 45.7 Å². The van der Waals surface area contributed by atoms with Gasteiger partial charge in [-0.05, 0) is 60.4 Å². The molecule has 0 radical (unpaired) electrons. The van der Waals surface area contributed by atoms with Crippen LogP contribution in [0, 0.1) is 0 Å². The predicted molar refractivity (Wildman–Crippen MR) is 177 cm³/mol. The van der Waals surface area contributed by atoms with Gasteiger partial charge in [-0.15, -0.1) is 0 Å². The molecule has 46 heavy (non-hydrogen) atoms. The number of hydrogen-bond acceptors (Lipinski definition) is 7. The Bertz CT molecular complexity index is 1700. The molecule has 11 heteroatoms. The molecule has 10 nitrogen and oxygen atoms in total. The third-order valence-corrected chi connectivity index (χ3v) is 7.60. The Morgan fingerprint density at radius 1 is 0.913 bits per heavy atom. The Morgan fingerprint density at radius 3 is 2.30 bits per heavy atom. The standard InChI is InChI=1S/C35H39N3O7S/c1-26-32(37-46(2,42)43)13-7-14-33(26)38(24-27-9-4-3-5-10-27)25-28-16-18-29(19-17-28)45-31-12-6-11-30(23-31)44-22-8-15-34(39)36-21-20-35(40)41/h3-7,9-12,14,16-19,23H,8,13,15,20-22,24-25H2,1-2H3,(H,36,39)(H,40,41). The molecule has 0 saturated carbocycles. The third-order valence-electron chi connectivity index (χ3n) is 7.05. The van der Waals surface area contributed by atoms with Crippen molar-refractivity contribution in [3.05, 3.63) is 113 Å². The van der Waals surface area contributed by atoms with Crippen LogP contribution >= 0.6 is 0 Å². The van der Waals surface area contributed by atoms with Crippen LogP contribution in [0.1, 0.15) is 43.7 Å². The smallest absolute Gasteiger partial charge is 0.305 e. The predicted octanol–water partition coefficient (Wildman–Crippen LogP) is 5.87. The summed E-state index contributed by atoms with van der Waals surface area (Å²) >= 11 is 0. The lowest BCUT2D eigenvalue weighted by atomic mass is 9.99. The average Bonchev–Trinajstić information content (AvgIpc) is 3.01. The number of aliphatic carboxylic acids is 1. The molecule has 4 rings (SSSR count). The molecule has 1 aliphatic rings. The first-order valence-corrected chi connectivity index (χ1v) is 16.8. The SMILES string of the molecule is CC1=C(N(Cc2ccccc2)Cc2ccc(Oc3cccc(OCCCC(=O)NCCC(=O)O)c3)cc2)C=CCC1=NS(C)(=O)=O. The van der Waals surface area contributed by atoms with Crippen LogP contribution < -0.4 is 14.8 Å². The highest BCUT2D eigenvalue weighted by atomic mass is 32.2. The van der Waals surface area contributed by atoms with Crippen molar-refractivity contribution in [2.75, 3.05) is 19.4 Å². The van der Waals surface area contributed by atoms with E-state index in [4.69, 9.17) is 14.6 Å². The Kier molecular flexibility index (Phi) is 12.1. The number of rotatable bonds is 16. The molecule has 0 aromatic heterocycles. The highest BCUT2D eigenvalue weighted by molar-refractivity contribution is 7.89. The summed E-state index contributed by atoms with van der Waals surface area (Å²) in [7, 11) is -3.52. The lowest BCUT2D eigenvalue weighted by Gasteiger charge is -2.30. The molecule has 0 unspecified atom stereocenters. The van der Waals surface area contributed by atoms with Gasteiger partial charge in [0.25, 0.3) is 0 Å². The fourth-order valence-electron chi connectivity index (χ4n) is 4.85. The number of nitrogens with one attached hydrogen (secondary N) is 1. The normalized spacial score (nSPS) is 13.8. The number of carboxylic acid groups (broad SMARTS) is 1. The number of benzene rings is 3. The molecule has 0 saturated heterocycles. The zero-order valence-electron chi connectivity index (χ0n) is 26.0. The number of ether oxygens (including phenoxy) is 2. The second-order valence-electron chi connectivity index (χ2n) is 10.9. The van der Waals surface area contributed by atoms with Crippen molar-refractivity contribution < 1.29 is 32.6 Å². The van der Waals surface area contributed by atoms with Crippen molar-refractivity contribution in [1.29, 1.82) is 0 Å². The highest BCUT2D eigenvalue weighted by Gasteiger charge is 2.19. The van der Waals surface area contributed by atoms with Crippen LogP contribution in [-0.2, 0) is 32.7 Å². The van der Waals surface area contributed by atoms with Crippen LogP contribution in [0.2, 0.25) is 0 Å². The highest BCUT2D eigenvalue weighted by Crippen LogP contribution is 2.28. The average molecular weight is 646 g/mol. The minimum absolute atomic E-state index is 0.106. The number of amides is 1. The van der Waals surface area contributed by atoms with Crippen molar-refractivity contribution >= 4 is 27.6 Å². The molecule has 0 bridgehead atoms. The summed E-state index contributed by atoms with van der Waals surface area (Å²) in [5.74, 6) is 0.713. The van der Waals surface area contributed by atoms with Gasteiger partial charge in [0.2, 0.25) is 15.9 Å². The van der Waals surface area contributed by atoms with Gasteiger partial charge in [0.05, 0.1) is 25.0 Å². The first kappa shape index (κ1) is 34.0. The van der Waals surface area contributed by atoms with Crippen molar-refractivity contribution in [1.82, 2.24) is 10.2 Å². The van der Waals surface area contributed by atoms with Gasteiger partial charge >= 0.3 is 5.97 Å². The van der Waals surface area contributed by atoms with E-state index in [1.54, 1.807) is 6.07 Å². The molecular formula is C35H39N3O7S. The summed E-state index contributed by atoms with van der Waals surface area (Å²) < 4.78 is 39.7. The van der Waals surface area contributed by atoms with Crippen molar-refractivity contribution in [2.24, 2.45) is 4.40 Å². The maximum absolute atomic E-state index is 11.9. The maximum Gasteiger partial charge on any atom is 0.305 e. The monoisotopic (exact) mass is 645 g/mol. The zero-order chi connectivity index (χ0) is 32.9. The number of nitrogens with zero attached hydrogens (tertiary/aromatic N) is 2. The summed E-state index contributed by atoms with van der Waals surface area (Å²) in [6.07, 6.45) is 6.18. The number of hydrogen-bond donors (Lipinski definition) is 2. The van der Waals surface area contributed by atoms with Gasteiger partial charge in [0, 0.05) is 44.2 Å². The van der Waals surface area contributed by atoms with Crippen LogP contribution in [0.4, 0.5) is 0 Å². The van der Waals surface area contributed by atoms with Gasteiger partial charge in [-0.25, -0.2) is 8.42 Å². The Labute approximate surface area is 270 Å². The van der Waals surface area contributed by atoms with Gasteiger partial charge in [-0.1, -0.05) is 54.6 Å². The summed E-state index contributed by atoms with van der Waals surface area (Å²) in [6.45, 7) is 3.57. The minimum Gasteiger partial charge on any atom is -0.493 e. The summed E-state index contributed by atoms with van der Waals surface area (Å²) in [4.78, 5) is 24.6. The van der Waals surface area contributed by atoms with Gasteiger partial charge in [0.15, 0.2) is 0 Å². The molecule has 0 fully saturated rings.